The van der Waals surface area contributed by atoms with Crippen LogP contribution in [-0.4, -0.2) is 54.0 Å². The highest BCUT2D eigenvalue weighted by Gasteiger charge is 2.36. The molecule has 0 spiro atoms. The Balaban J connectivity index is 1.79. The normalized spacial score (nSPS) is 17.5. The van der Waals surface area contributed by atoms with E-state index in [1.54, 1.807) is 12.1 Å². The lowest BCUT2D eigenvalue weighted by atomic mass is 10.1. The molecule has 1 unspecified atom stereocenters. The van der Waals surface area contributed by atoms with Crippen LogP contribution in [0.2, 0.25) is 5.02 Å². The van der Waals surface area contributed by atoms with E-state index in [-0.39, 0.29) is 35.3 Å². The molecule has 8 nitrogen and oxygen atoms in total. The molecule has 0 radical (unpaired) electrons. The van der Waals surface area contributed by atoms with Gasteiger partial charge in [0.1, 0.15) is 0 Å². The first-order chi connectivity index (χ1) is 14.0. The van der Waals surface area contributed by atoms with Gasteiger partial charge in [0, 0.05) is 24.0 Å². The Kier molecular flexibility index (Phi) is 6.54. The second kappa shape index (κ2) is 8.64. The fourth-order valence-corrected chi connectivity index (χ4v) is 5.98. The molecule has 162 valence electrons. The number of carbonyl (C=O) groups is 1. The zero-order valence-corrected chi connectivity index (χ0v) is 18.8. The molecule has 11 heteroatoms. The van der Waals surface area contributed by atoms with Gasteiger partial charge >= 0.3 is 0 Å². The van der Waals surface area contributed by atoms with Crippen LogP contribution in [0.5, 0.6) is 0 Å². The van der Waals surface area contributed by atoms with Crippen molar-refractivity contribution < 1.29 is 21.6 Å². The maximum atomic E-state index is 12.7. The number of benzene rings is 2. The average Bonchev–Trinajstić information content (AvgIpc) is 2.95. The minimum Gasteiger partial charge on any atom is -0.301 e. The Morgan fingerprint density at radius 1 is 1.13 bits per heavy atom. The number of rotatable bonds is 7. The first-order valence-electron chi connectivity index (χ1n) is 9.09. The van der Waals surface area contributed by atoms with E-state index in [1.165, 1.54) is 24.3 Å². The summed E-state index contributed by atoms with van der Waals surface area (Å²) in [7, 11) is -3.92. The Morgan fingerprint density at radius 3 is 2.30 bits per heavy atom. The summed E-state index contributed by atoms with van der Waals surface area (Å²) in [6.07, 6.45) is -0.0854. The van der Waals surface area contributed by atoms with Gasteiger partial charge in [0.05, 0.1) is 16.3 Å². The van der Waals surface area contributed by atoms with Crippen LogP contribution in [0, 0.1) is 0 Å². The molecule has 1 N–H and O–H groups in total. The largest absolute Gasteiger partial charge is 0.301 e. The molecule has 0 saturated carbocycles. The number of amides is 1. The summed E-state index contributed by atoms with van der Waals surface area (Å²) >= 11 is 6.26. The van der Waals surface area contributed by atoms with Crippen LogP contribution < -0.4 is 9.03 Å². The molecule has 1 saturated heterocycles. The number of hydrogen-bond acceptors (Lipinski definition) is 6. The SMILES string of the molecule is CN(C)C(CNS(=O)(=O)c1ccc(N2C(=O)CCS2(=O)=O)cc1)c1ccccc1Cl. The quantitative estimate of drug-likeness (QED) is 0.662. The van der Waals surface area contributed by atoms with Gasteiger partial charge < -0.3 is 4.90 Å². The van der Waals surface area contributed by atoms with Crippen LogP contribution in [0.25, 0.3) is 0 Å². The van der Waals surface area contributed by atoms with Gasteiger partial charge in [-0.05, 0) is 50.0 Å². The molecule has 2 aromatic rings. The molecule has 3 rings (SSSR count). The molecule has 0 aliphatic carbocycles. The number of hydrogen-bond donors (Lipinski definition) is 1. The highest BCUT2D eigenvalue weighted by atomic mass is 35.5. The van der Waals surface area contributed by atoms with Crippen LogP contribution in [0.1, 0.15) is 18.0 Å². The topological polar surface area (TPSA) is 104 Å². The smallest absolute Gasteiger partial charge is 0.242 e. The zero-order chi connectivity index (χ0) is 22.1. The maximum Gasteiger partial charge on any atom is 0.242 e. The van der Waals surface area contributed by atoms with Gasteiger partial charge in [-0.1, -0.05) is 29.8 Å². The van der Waals surface area contributed by atoms with Gasteiger partial charge in [0.2, 0.25) is 26.0 Å². The van der Waals surface area contributed by atoms with Gasteiger partial charge in [-0.15, -0.1) is 0 Å². The molecular formula is C19H22ClN3O5S2. The molecule has 1 amide bonds. The summed E-state index contributed by atoms with van der Waals surface area (Å²) < 4.78 is 52.8. The van der Waals surface area contributed by atoms with Crippen molar-refractivity contribution in [1.29, 1.82) is 0 Å². The van der Waals surface area contributed by atoms with Crippen LogP contribution in [-0.2, 0) is 24.8 Å². The Hall–Kier alpha value is -1.98. The Labute approximate surface area is 181 Å². The lowest BCUT2D eigenvalue weighted by Gasteiger charge is -2.26. The van der Waals surface area contributed by atoms with E-state index >= 15 is 0 Å². The summed E-state index contributed by atoms with van der Waals surface area (Å²) in [6, 6.07) is 12.1. The van der Waals surface area contributed by atoms with Crippen molar-refractivity contribution in [1.82, 2.24) is 9.62 Å². The number of nitrogens with zero attached hydrogens (tertiary/aromatic N) is 2. The summed E-state index contributed by atoms with van der Waals surface area (Å²) in [5, 5.41) is 0.538. The molecule has 1 heterocycles. The first-order valence-corrected chi connectivity index (χ1v) is 12.6. The van der Waals surface area contributed by atoms with Crippen molar-refractivity contribution >= 4 is 43.2 Å². The maximum absolute atomic E-state index is 12.7. The number of halogens is 1. The van der Waals surface area contributed by atoms with Crippen LogP contribution in [0.4, 0.5) is 5.69 Å². The van der Waals surface area contributed by atoms with Crippen molar-refractivity contribution in [3.63, 3.8) is 0 Å². The molecule has 30 heavy (non-hydrogen) atoms. The van der Waals surface area contributed by atoms with Gasteiger partial charge in [-0.3, -0.25) is 4.79 Å². The monoisotopic (exact) mass is 471 g/mol. The number of likely N-dealkylation sites (N-methyl/N-ethyl adjacent to an activating group) is 1. The molecule has 1 aliphatic rings. The van der Waals surface area contributed by atoms with Crippen molar-refractivity contribution in [2.24, 2.45) is 0 Å². The highest BCUT2D eigenvalue weighted by Crippen LogP contribution is 2.28. The average molecular weight is 472 g/mol. The number of sulfonamides is 2. The number of nitrogens with one attached hydrogen (secondary N) is 1. The third kappa shape index (κ3) is 4.68. The van der Waals surface area contributed by atoms with Crippen LogP contribution in [0.3, 0.4) is 0 Å². The predicted molar refractivity (Wildman–Crippen MR) is 115 cm³/mol. The number of carbonyl (C=O) groups excluding carboxylic acids is 1. The van der Waals surface area contributed by atoms with Gasteiger partial charge in [-0.25, -0.2) is 25.9 Å². The summed E-state index contributed by atoms with van der Waals surface area (Å²) in [5.74, 6) is -0.779. The van der Waals surface area contributed by atoms with E-state index in [9.17, 15) is 21.6 Å². The fraction of sp³-hybridized carbons (Fsp3) is 0.316. The summed E-state index contributed by atoms with van der Waals surface area (Å²) in [4.78, 5) is 13.7. The van der Waals surface area contributed by atoms with E-state index in [4.69, 9.17) is 11.6 Å². The molecule has 1 fully saturated rings. The second-order valence-corrected chi connectivity index (χ2v) is 11.2. The highest BCUT2D eigenvalue weighted by molar-refractivity contribution is 7.94. The Morgan fingerprint density at radius 2 is 1.77 bits per heavy atom. The summed E-state index contributed by atoms with van der Waals surface area (Å²) in [6.45, 7) is 0.0831. The van der Waals surface area contributed by atoms with Gasteiger partial charge in [0.15, 0.2) is 0 Å². The third-order valence-electron chi connectivity index (χ3n) is 4.81. The van der Waals surface area contributed by atoms with Crippen molar-refractivity contribution in [2.75, 3.05) is 30.7 Å². The lowest BCUT2D eigenvalue weighted by molar-refractivity contribution is -0.116. The molecule has 1 aliphatic heterocycles. The molecular weight excluding hydrogens is 450 g/mol. The zero-order valence-electron chi connectivity index (χ0n) is 16.4. The molecule has 0 aromatic heterocycles. The molecule has 2 aromatic carbocycles. The predicted octanol–water partition coefficient (Wildman–Crippen LogP) is 1.99. The van der Waals surface area contributed by atoms with Gasteiger partial charge in [-0.2, -0.15) is 0 Å². The molecule has 1 atom stereocenters. The van der Waals surface area contributed by atoms with E-state index in [0.29, 0.717) is 5.02 Å². The molecule has 0 bridgehead atoms. The standard InChI is InChI=1S/C19H22ClN3O5S2/c1-22(2)18(16-5-3-4-6-17(16)20)13-21-30(27,28)15-9-7-14(8-10-15)23-19(24)11-12-29(23,25)26/h3-10,18,21H,11-13H2,1-2H3. The van der Waals surface area contributed by atoms with Crippen LogP contribution >= 0.6 is 11.6 Å². The lowest BCUT2D eigenvalue weighted by Crippen LogP contribution is -2.34. The minimum absolute atomic E-state index is 0.0352. The first kappa shape index (κ1) is 22.7. The van der Waals surface area contributed by atoms with E-state index < -0.39 is 26.0 Å². The summed E-state index contributed by atoms with van der Waals surface area (Å²) in [5.41, 5.74) is 0.915. The Bertz CT molecular complexity index is 1150. The van der Waals surface area contributed by atoms with Crippen molar-refractivity contribution in [3.8, 4) is 0 Å². The van der Waals surface area contributed by atoms with Crippen molar-refractivity contribution in [2.45, 2.75) is 17.4 Å². The van der Waals surface area contributed by atoms with Crippen LogP contribution in [0.15, 0.2) is 53.4 Å². The van der Waals surface area contributed by atoms with E-state index in [1.807, 2.05) is 31.1 Å². The van der Waals surface area contributed by atoms with E-state index in [0.717, 1.165) is 9.87 Å². The number of anilines is 1. The third-order valence-corrected chi connectivity index (χ3v) is 8.29. The van der Waals surface area contributed by atoms with E-state index in [2.05, 4.69) is 4.72 Å². The van der Waals surface area contributed by atoms with Crippen molar-refractivity contribution in [3.05, 3.63) is 59.1 Å². The fourth-order valence-electron chi connectivity index (χ4n) is 3.22. The second-order valence-electron chi connectivity index (χ2n) is 7.07. The minimum atomic E-state index is -3.86. The van der Waals surface area contributed by atoms with Gasteiger partial charge in [0.25, 0.3) is 0 Å².